The van der Waals surface area contributed by atoms with Crippen molar-refractivity contribution in [3.05, 3.63) is 0 Å². The van der Waals surface area contributed by atoms with Crippen LogP contribution in [0, 0.1) is 0 Å². The maximum atomic E-state index is 0. The Morgan fingerprint density at radius 2 is 0.500 bits per heavy atom. The zero-order valence-electron chi connectivity index (χ0n) is 6.00. The molecule has 0 aliphatic carbocycles. The third-order valence-corrected chi connectivity index (χ3v) is 0. The van der Waals surface area contributed by atoms with Crippen molar-refractivity contribution in [1.82, 2.24) is 0 Å². The van der Waals surface area contributed by atoms with Crippen LogP contribution in [0.25, 0.3) is 0 Å². The van der Waals surface area contributed by atoms with Gasteiger partial charge in [-0.3, -0.25) is 0 Å². The fraction of sp³-hybridized carbons (Fsp3) is 0. The molecule has 0 aliphatic heterocycles. The van der Waals surface area contributed by atoms with Crippen LogP contribution in [0.5, 0.6) is 0 Å². The zero-order valence-corrected chi connectivity index (χ0v) is 12.0. The molecule has 0 spiro atoms. The van der Waals surface area contributed by atoms with Gasteiger partial charge in [-0.25, -0.2) is 0 Å². The summed E-state index contributed by atoms with van der Waals surface area (Å²) in [6, 6.07) is 0. The van der Waals surface area contributed by atoms with Crippen LogP contribution < -0.4 is 118 Å². The topological polar surface area (TPSA) is 0 Å². The van der Waals surface area contributed by atoms with E-state index in [9.17, 15) is 0 Å². The van der Waals surface area contributed by atoms with Crippen LogP contribution in [0.2, 0.25) is 0 Å². The van der Waals surface area contributed by atoms with Crippen molar-refractivity contribution in [3.63, 3.8) is 0 Å². The molecule has 0 N–H and O–H groups in total. The van der Waals surface area contributed by atoms with E-state index in [1.807, 2.05) is 0 Å². The average Bonchev–Trinajstić information content (AvgIpc) is 0. The van der Waals surface area contributed by atoms with Crippen LogP contribution in [0.15, 0.2) is 0 Å². The van der Waals surface area contributed by atoms with Gasteiger partial charge in [-0.05, 0) is 0 Å². The Morgan fingerprint density at radius 3 is 0.500 bits per heavy atom. The summed E-state index contributed by atoms with van der Waals surface area (Å²) in [5.74, 6) is 0. The van der Waals surface area contributed by atoms with Crippen molar-refractivity contribution < 1.29 is 121 Å². The second kappa shape index (κ2) is 15.8. The minimum Gasteiger partial charge on any atom is 1.00 e. The van der Waals surface area contributed by atoms with E-state index in [0.29, 0.717) is 0 Å². The SMILES string of the molecule is [H+].[H+].[Na+].[Na+].[Na+].[Na+]. The van der Waals surface area contributed by atoms with Gasteiger partial charge in [0.05, 0.1) is 0 Å². The van der Waals surface area contributed by atoms with Crippen LogP contribution in [-0.4, -0.2) is 0 Å². The molecule has 0 bridgehead atoms. The van der Waals surface area contributed by atoms with E-state index in [1.165, 1.54) is 0 Å². The second-order valence-electron chi connectivity index (χ2n) is 0. The molecule has 0 aromatic rings. The van der Waals surface area contributed by atoms with Crippen molar-refractivity contribution in [3.8, 4) is 0 Å². The predicted molar refractivity (Wildman–Crippen MR) is 2.22 cm³/mol. The molecule has 0 rings (SSSR count). The van der Waals surface area contributed by atoms with E-state index in [-0.39, 0.29) is 121 Å². The Balaban J connectivity index is 0. The smallest absolute Gasteiger partial charge is 1.00 e. The van der Waals surface area contributed by atoms with Crippen LogP contribution >= 0.6 is 0 Å². The summed E-state index contributed by atoms with van der Waals surface area (Å²) in [7, 11) is 0. The molecule has 0 aromatic heterocycles. The Bertz CT molecular complexity index is 5.51. The molecule has 0 aliphatic rings. The summed E-state index contributed by atoms with van der Waals surface area (Å²) in [6.45, 7) is 0. The number of hydrogen-bond acceptors (Lipinski definition) is 0. The summed E-state index contributed by atoms with van der Waals surface area (Å²) in [4.78, 5) is 0. The molecule has 0 aromatic carbocycles. The van der Waals surface area contributed by atoms with Crippen LogP contribution in [0.1, 0.15) is 2.85 Å². The first-order chi connectivity index (χ1) is 0. The van der Waals surface area contributed by atoms with Gasteiger partial charge in [0.15, 0.2) is 0 Å². The fourth-order valence-electron chi connectivity index (χ4n) is 0. The molecule has 0 heterocycles. The van der Waals surface area contributed by atoms with E-state index in [1.54, 1.807) is 0 Å². The van der Waals surface area contributed by atoms with Crippen molar-refractivity contribution >= 4 is 0 Å². The maximum absolute atomic E-state index is 0. The Labute approximate surface area is 118 Å². The van der Waals surface area contributed by atoms with Crippen LogP contribution in [-0.2, 0) is 0 Å². The molecule has 0 saturated heterocycles. The molecule has 0 saturated carbocycles. The van der Waals surface area contributed by atoms with E-state index >= 15 is 0 Å². The van der Waals surface area contributed by atoms with E-state index in [0.717, 1.165) is 0 Å². The minimum absolute atomic E-state index is 0. The maximum Gasteiger partial charge on any atom is 1.00 e. The van der Waals surface area contributed by atoms with Crippen molar-refractivity contribution in [2.45, 2.75) is 0 Å². The first-order valence-electron chi connectivity index (χ1n) is 0. The minimum atomic E-state index is 0. The first-order valence-corrected chi connectivity index (χ1v) is 0. The van der Waals surface area contributed by atoms with E-state index < -0.39 is 0 Å². The van der Waals surface area contributed by atoms with Crippen molar-refractivity contribution in [2.75, 3.05) is 0 Å². The number of hydrogen-bond donors (Lipinski definition) is 0. The van der Waals surface area contributed by atoms with Crippen molar-refractivity contribution in [2.24, 2.45) is 0 Å². The van der Waals surface area contributed by atoms with E-state index in [4.69, 9.17) is 0 Å². The third-order valence-electron chi connectivity index (χ3n) is 0. The quantitative estimate of drug-likeness (QED) is 0.261. The Hall–Kier alpha value is 4.00. The summed E-state index contributed by atoms with van der Waals surface area (Å²) in [5.41, 5.74) is 0. The third kappa shape index (κ3) is 9.38. The predicted octanol–water partition coefficient (Wildman–Crippen LogP) is -11.8. The summed E-state index contributed by atoms with van der Waals surface area (Å²) >= 11 is 0. The van der Waals surface area contributed by atoms with Gasteiger partial charge in [0.2, 0.25) is 0 Å². The van der Waals surface area contributed by atoms with Crippen LogP contribution in [0.3, 0.4) is 0 Å². The number of rotatable bonds is 0. The molecule has 0 unspecified atom stereocenters. The molecule has 4 heteroatoms. The first kappa shape index (κ1) is 24.5. The molecule has 0 amide bonds. The molecule has 0 nitrogen and oxygen atoms in total. The molecule has 0 radical (unpaired) electrons. The molecule has 0 valence electrons. The van der Waals surface area contributed by atoms with Crippen LogP contribution in [0.4, 0.5) is 0 Å². The van der Waals surface area contributed by atoms with Crippen molar-refractivity contribution in [1.29, 1.82) is 0 Å². The Kier molecular flexibility index (Phi) is 96.5. The van der Waals surface area contributed by atoms with Gasteiger partial charge >= 0.3 is 121 Å². The van der Waals surface area contributed by atoms with Gasteiger partial charge < -0.3 is 0 Å². The largest absolute Gasteiger partial charge is 1.00 e. The molecular weight excluding hydrogens is 92.0 g/mol. The Morgan fingerprint density at radius 1 is 0.500 bits per heavy atom. The normalized spacial score (nSPS) is 0. The summed E-state index contributed by atoms with van der Waals surface area (Å²) < 4.78 is 0. The van der Waals surface area contributed by atoms with E-state index in [2.05, 4.69) is 0 Å². The van der Waals surface area contributed by atoms with Gasteiger partial charge in [0, 0.05) is 0 Å². The zero-order chi connectivity index (χ0) is 0. The van der Waals surface area contributed by atoms with Gasteiger partial charge in [0.1, 0.15) is 0 Å². The van der Waals surface area contributed by atoms with Gasteiger partial charge in [-0.1, -0.05) is 0 Å². The van der Waals surface area contributed by atoms with Gasteiger partial charge in [-0.2, -0.15) is 0 Å². The summed E-state index contributed by atoms with van der Waals surface area (Å²) in [5, 5.41) is 0. The molecule has 0 fully saturated rings. The van der Waals surface area contributed by atoms with Gasteiger partial charge in [-0.15, -0.1) is 0 Å². The molecular formula is H2Na4+6. The average molecular weight is 94.0 g/mol. The monoisotopic (exact) mass is 94.0 g/mol. The standard InChI is InChI=1S/4Na/q4*+1/p+2. The molecule has 0 atom stereocenters. The summed E-state index contributed by atoms with van der Waals surface area (Å²) in [6.07, 6.45) is 0. The molecule has 4 heavy (non-hydrogen) atoms. The second-order valence-corrected chi connectivity index (χ2v) is 0. The van der Waals surface area contributed by atoms with Gasteiger partial charge in [0.25, 0.3) is 0 Å². The fourth-order valence-corrected chi connectivity index (χ4v) is 0.